The van der Waals surface area contributed by atoms with Gasteiger partial charge in [0.2, 0.25) is 0 Å². The van der Waals surface area contributed by atoms with Crippen molar-refractivity contribution in [2.75, 3.05) is 26.3 Å². The first kappa shape index (κ1) is 23.6. The Kier molecular flexibility index (Phi) is 7.35. The highest BCUT2D eigenvalue weighted by Crippen LogP contribution is 2.14. The molecule has 1 aliphatic rings. The van der Waals surface area contributed by atoms with Gasteiger partial charge in [-0.2, -0.15) is 0 Å². The quantitative estimate of drug-likeness (QED) is 0.295. The van der Waals surface area contributed by atoms with E-state index in [0.717, 1.165) is 43.0 Å². The van der Waals surface area contributed by atoms with Gasteiger partial charge in [0.1, 0.15) is 6.04 Å². The summed E-state index contributed by atoms with van der Waals surface area (Å²) in [5.74, 6) is 5.32. The summed E-state index contributed by atoms with van der Waals surface area (Å²) in [7, 11) is 0. The molecule has 2 aromatic carbocycles. The molecule has 1 aliphatic heterocycles. The minimum atomic E-state index is -1.31. The second kappa shape index (κ2) is 10.6. The van der Waals surface area contributed by atoms with Crippen LogP contribution < -0.4 is 11.0 Å². The van der Waals surface area contributed by atoms with Crippen molar-refractivity contribution in [1.82, 2.24) is 19.9 Å². The smallest absolute Gasteiger partial charge is 0.269 e. The Morgan fingerprint density at radius 3 is 2.50 bits per heavy atom. The number of nitrogens with zero attached hydrogens (tertiary/aromatic N) is 3. The Morgan fingerprint density at radius 2 is 1.82 bits per heavy atom. The largest absolute Gasteiger partial charge is 0.391 e. The maximum Gasteiger partial charge on any atom is 0.269 e. The van der Waals surface area contributed by atoms with Gasteiger partial charge in [-0.1, -0.05) is 24.0 Å². The summed E-state index contributed by atoms with van der Waals surface area (Å²) < 4.78 is 6.39. The third-order valence-electron chi connectivity index (χ3n) is 5.73. The average Bonchev–Trinajstić information content (AvgIpc) is 2.85. The highest BCUT2D eigenvalue weighted by Gasteiger charge is 2.27. The molecule has 0 bridgehead atoms. The zero-order valence-corrected chi connectivity index (χ0v) is 18.8. The second-order valence-corrected chi connectivity index (χ2v) is 8.19. The van der Waals surface area contributed by atoms with Crippen molar-refractivity contribution >= 4 is 16.8 Å². The molecule has 9 heteroatoms. The van der Waals surface area contributed by atoms with Gasteiger partial charge < -0.3 is 9.84 Å². The average molecular weight is 463 g/mol. The van der Waals surface area contributed by atoms with E-state index in [-0.39, 0.29) is 5.39 Å². The van der Waals surface area contributed by atoms with Gasteiger partial charge in [0.15, 0.2) is 0 Å². The van der Waals surface area contributed by atoms with Crippen LogP contribution in [-0.2, 0) is 16.1 Å². The maximum absolute atomic E-state index is 12.9. The molecule has 1 fully saturated rings. The van der Waals surface area contributed by atoms with Crippen molar-refractivity contribution in [3.8, 4) is 11.8 Å². The third kappa shape index (κ3) is 5.32. The molecule has 0 radical (unpaired) electrons. The summed E-state index contributed by atoms with van der Waals surface area (Å²) >= 11 is 0. The number of benzene rings is 2. The molecule has 4 rings (SSSR count). The molecule has 3 aromatic rings. The summed E-state index contributed by atoms with van der Waals surface area (Å²) in [5.41, 5.74) is 4.18. The molecule has 9 nitrogen and oxygen atoms in total. The SMILES string of the molecule is CC(O)[C@@H](C(=O)NO)n1cnc2cc(C#Cc3ccc(CN4CCOCC4)cc3)ccc2c1=O. The molecule has 3 N–H and O–H groups in total. The minimum Gasteiger partial charge on any atom is -0.391 e. The van der Waals surface area contributed by atoms with Gasteiger partial charge in [0.25, 0.3) is 11.5 Å². The van der Waals surface area contributed by atoms with Crippen LogP contribution in [0.1, 0.15) is 29.7 Å². The number of rotatable bonds is 5. The summed E-state index contributed by atoms with van der Waals surface area (Å²) in [4.78, 5) is 31.4. The van der Waals surface area contributed by atoms with E-state index in [2.05, 4.69) is 33.9 Å². The lowest BCUT2D eigenvalue weighted by Gasteiger charge is -2.26. The van der Waals surface area contributed by atoms with Crippen LogP contribution in [0, 0.1) is 11.8 Å². The van der Waals surface area contributed by atoms with E-state index in [4.69, 9.17) is 9.94 Å². The van der Waals surface area contributed by atoms with Crippen LogP contribution in [0.15, 0.2) is 53.6 Å². The van der Waals surface area contributed by atoms with E-state index in [1.165, 1.54) is 24.3 Å². The fourth-order valence-corrected chi connectivity index (χ4v) is 3.91. The van der Waals surface area contributed by atoms with Gasteiger partial charge in [0, 0.05) is 30.8 Å². The highest BCUT2D eigenvalue weighted by atomic mass is 16.5. The summed E-state index contributed by atoms with van der Waals surface area (Å²) in [6, 6.07) is 11.8. The number of carbonyl (C=O) groups is 1. The van der Waals surface area contributed by atoms with Crippen molar-refractivity contribution in [2.24, 2.45) is 0 Å². The Labute approximate surface area is 196 Å². The first-order valence-corrected chi connectivity index (χ1v) is 11.0. The summed E-state index contributed by atoms with van der Waals surface area (Å²) in [6.45, 7) is 5.67. The molecule has 1 amide bonds. The van der Waals surface area contributed by atoms with Crippen molar-refractivity contribution < 1.29 is 19.8 Å². The molecule has 1 aromatic heterocycles. The van der Waals surface area contributed by atoms with Crippen molar-refractivity contribution in [3.05, 3.63) is 75.8 Å². The molecule has 1 saturated heterocycles. The molecule has 34 heavy (non-hydrogen) atoms. The lowest BCUT2D eigenvalue weighted by molar-refractivity contribution is -0.135. The Bertz CT molecular complexity index is 1280. The van der Waals surface area contributed by atoms with Crippen molar-refractivity contribution in [3.63, 3.8) is 0 Å². The Morgan fingerprint density at radius 1 is 1.15 bits per heavy atom. The number of hydroxylamine groups is 1. The number of ether oxygens (including phenoxy) is 1. The van der Waals surface area contributed by atoms with Gasteiger partial charge in [0.05, 0.1) is 36.5 Å². The topological polar surface area (TPSA) is 117 Å². The van der Waals surface area contributed by atoms with Gasteiger partial charge >= 0.3 is 0 Å². The zero-order valence-electron chi connectivity index (χ0n) is 18.8. The number of carbonyl (C=O) groups excluding carboxylic acids is 1. The van der Waals surface area contributed by atoms with Crippen molar-refractivity contribution in [1.29, 1.82) is 0 Å². The van der Waals surface area contributed by atoms with Gasteiger partial charge in [-0.3, -0.25) is 24.3 Å². The predicted molar refractivity (Wildman–Crippen MR) is 125 cm³/mol. The Hall–Kier alpha value is -3.55. The fourth-order valence-electron chi connectivity index (χ4n) is 3.91. The monoisotopic (exact) mass is 462 g/mol. The molecular formula is C25H26N4O5. The molecule has 176 valence electrons. The third-order valence-corrected chi connectivity index (χ3v) is 5.73. The lowest BCUT2D eigenvalue weighted by Crippen LogP contribution is -2.41. The zero-order chi connectivity index (χ0) is 24.1. The van der Waals surface area contributed by atoms with E-state index < -0.39 is 23.6 Å². The molecule has 2 heterocycles. The molecular weight excluding hydrogens is 436 g/mol. The highest BCUT2D eigenvalue weighted by molar-refractivity contribution is 5.82. The van der Waals surface area contributed by atoms with Crippen LogP contribution in [0.5, 0.6) is 0 Å². The molecule has 0 spiro atoms. The number of amides is 1. The van der Waals surface area contributed by atoms with Crippen LogP contribution >= 0.6 is 0 Å². The van der Waals surface area contributed by atoms with Gasteiger partial charge in [-0.25, -0.2) is 10.5 Å². The molecule has 2 atom stereocenters. The van der Waals surface area contributed by atoms with Crippen LogP contribution in [0.25, 0.3) is 10.9 Å². The van der Waals surface area contributed by atoms with Crippen LogP contribution in [0.3, 0.4) is 0 Å². The number of hydrogen-bond donors (Lipinski definition) is 3. The number of aromatic nitrogens is 2. The van der Waals surface area contributed by atoms with Gasteiger partial charge in [-0.05, 0) is 42.8 Å². The maximum atomic E-state index is 12.9. The van der Waals surface area contributed by atoms with Crippen LogP contribution in [-0.4, -0.2) is 63.1 Å². The van der Waals surface area contributed by atoms with E-state index in [9.17, 15) is 14.7 Å². The van der Waals surface area contributed by atoms with Crippen LogP contribution in [0.2, 0.25) is 0 Å². The van der Waals surface area contributed by atoms with E-state index in [1.54, 1.807) is 18.2 Å². The minimum absolute atomic E-state index is 0.275. The second-order valence-electron chi connectivity index (χ2n) is 8.19. The molecule has 1 unspecified atom stereocenters. The normalized spacial score (nSPS) is 15.9. The summed E-state index contributed by atoms with van der Waals surface area (Å²) in [5, 5.41) is 19.1. The molecule has 0 aliphatic carbocycles. The standard InChI is InChI=1S/C25H26N4O5/c1-17(30)23(24(31)27-33)29-16-26-22-14-19(8-9-21(22)25(29)32)5-2-18-3-6-20(7-4-18)15-28-10-12-34-13-11-28/h3-4,6-9,14,16-17,23,30,33H,10-13,15H2,1H3,(H,27,31)/t17?,23-/m0/s1. The van der Waals surface area contributed by atoms with Gasteiger partial charge in [-0.15, -0.1) is 0 Å². The summed E-state index contributed by atoms with van der Waals surface area (Å²) in [6.07, 6.45) is -0.0312. The number of fused-ring (bicyclic) bond motifs is 1. The number of morpholine rings is 1. The molecule has 0 saturated carbocycles. The van der Waals surface area contributed by atoms with Crippen molar-refractivity contribution in [2.45, 2.75) is 25.6 Å². The lowest BCUT2D eigenvalue weighted by atomic mass is 10.1. The number of aliphatic hydroxyl groups excluding tert-OH is 1. The predicted octanol–water partition coefficient (Wildman–Crippen LogP) is 1.06. The van der Waals surface area contributed by atoms with E-state index in [0.29, 0.717) is 11.1 Å². The van der Waals surface area contributed by atoms with Crippen LogP contribution in [0.4, 0.5) is 0 Å². The van der Waals surface area contributed by atoms with E-state index >= 15 is 0 Å². The number of hydrogen-bond acceptors (Lipinski definition) is 7. The first-order chi connectivity index (χ1) is 16.5. The fraction of sp³-hybridized carbons (Fsp3) is 0.320. The number of aliphatic hydroxyl groups is 1. The Balaban J connectivity index is 1.53. The van der Waals surface area contributed by atoms with E-state index in [1.807, 2.05) is 12.1 Å². The first-order valence-electron chi connectivity index (χ1n) is 11.0. The number of nitrogens with one attached hydrogen (secondary N) is 1.